The van der Waals surface area contributed by atoms with E-state index in [1.807, 2.05) is 12.1 Å². The van der Waals surface area contributed by atoms with E-state index < -0.39 is 0 Å². The van der Waals surface area contributed by atoms with Gasteiger partial charge in [-0.05, 0) is 23.0 Å². The number of ether oxygens (including phenoxy) is 2. The first-order valence-corrected chi connectivity index (χ1v) is 5.62. The lowest BCUT2D eigenvalue weighted by Crippen LogP contribution is -2.16. The molecule has 1 rings (SSSR count). The first-order chi connectivity index (χ1) is 7.40. The van der Waals surface area contributed by atoms with Crippen LogP contribution in [0.1, 0.15) is 39.2 Å². The van der Waals surface area contributed by atoms with Gasteiger partial charge in [0, 0.05) is 6.07 Å². The highest BCUT2D eigenvalue weighted by molar-refractivity contribution is 5.43. The number of benzene rings is 1. The number of hydrogen-bond donors (Lipinski definition) is 0. The second-order valence-electron chi connectivity index (χ2n) is 5.20. The average Bonchev–Trinajstić information content (AvgIpc) is 2.26. The molecule has 1 atom stereocenters. The third-order valence-corrected chi connectivity index (χ3v) is 3.21. The second-order valence-corrected chi connectivity index (χ2v) is 5.20. The van der Waals surface area contributed by atoms with Crippen LogP contribution < -0.4 is 9.47 Å². The summed E-state index contributed by atoms with van der Waals surface area (Å²) in [4.78, 5) is 0. The second kappa shape index (κ2) is 4.77. The molecule has 0 aromatic heterocycles. The van der Waals surface area contributed by atoms with Crippen molar-refractivity contribution in [2.75, 3.05) is 14.2 Å². The molecule has 2 heteroatoms. The van der Waals surface area contributed by atoms with Gasteiger partial charge in [0.2, 0.25) is 0 Å². The molecule has 90 valence electrons. The standard InChI is InChI=1S/C14H22O2/c1-10(14(2,3)4)12-8-7-11(15-5)9-13(12)16-6/h7-10H,1-6H3/t10-/m1/s1. The fourth-order valence-corrected chi connectivity index (χ4v) is 1.64. The molecule has 0 aliphatic rings. The van der Waals surface area contributed by atoms with Gasteiger partial charge in [-0.2, -0.15) is 0 Å². The Hall–Kier alpha value is -1.18. The highest BCUT2D eigenvalue weighted by Crippen LogP contribution is 2.40. The van der Waals surface area contributed by atoms with Crippen molar-refractivity contribution in [3.8, 4) is 11.5 Å². The van der Waals surface area contributed by atoms with E-state index in [0.717, 1.165) is 11.5 Å². The smallest absolute Gasteiger partial charge is 0.126 e. The zero-order valence-corrected chi connectivity index (χ0v) is 11.1. The molecule has 16 heavy (non-hydrogen) atoms. The lowest BCUT2D eigenvalue weighted by molar-refractivity contribution is 0.323. The molecule has 1 aromatic carbocycles. The minimum absolute atomic E-state index is 0.224. The van der Waals surface area contributed by atoms with E-state index in [-0.39, 0.29) is 5.41 Å². The van der Waals surface area contributed by atoms with Gasteiger partial charge in [0.15, 0.2) is 0 Å². The molecule has 0 bridgehead atoms. The van der Waals surface area contributed by atoms with Crippen LogP contribution in [-0.2, 0) is 0 Å². The van der Waals surface area contributed by atoms with Crippen molar-refractivity contribution in [2.45, 2.75) is 33.6 Å². The molecule has 0 unspecified atom stereocenters. The van der Waals surface area contributed by atoms with Crippen LogP contribution in [0.2, 0.25) is 0 Å². The van der Waals surface area contributed by atoms with Crippen LogP contribution in [0.15, 0.2) is 18.2 Å². The maximum Gasteiger partial charge on any atom is 0.126 e. The third kappa shape index (κ3) is 2.69. The third-order valence-electron chi connectivity index (χ3n) is 3.21. The zero-order chi connectivity index (χ0) is 12.3. The minimum atomic E-state index is 0.224. The predicted molar refractivity (Wildman–Crippen MR) is 67.4 cm³/mol. The van der Waals surface area contributed by atoms with E-state index in [1.165, 1.54) is 5.56 Å². The zero-order valence-electron chi connectivity index (χ0n) is 11.1. The Bertz CT molecular complexity index is 350. The molecule has 0 spiro atoms. The van der Waals surface area contributed by atoms with Gasteiger partial charge in [0.1, 0.15) is 11.5 Å². The number of rotatable bonds is 3. The van der Waals surface area contributed by atoms with Gasteiger partial charge >= 0.3 is 0 Å². The summed E-state index contributed by atoms with van der Waals surface area (Å²) in [7, 11) is 3.37. The van der Waals surface area contributed by atoms with Crippen molar-refractivity contribution >= 4 is 0 Å². The largest absolute Gasteiger partial charge is 0.497 e. The summed E-state index contributed by atoms with van der Waals surface area (Å²) in [6, 6.07) is 6.02. The highest BCUT2D eigenvalue weighted by Gasteiger charge is 2.24. The van der Waals surface area contributed by atoms with E-state index >= 15 is 0 Å². The molecule has 0 aliphatic carbocycles. The predicted octanol–water partition coefficient (Wildman–Crippen LogP) is 3.85. The maximum absolute atomic E-state index is 5.42. The molecule has 0 fully saturated rings. The van der Waals surface area contributed by atoms with Crippen LogP contribution in [0, 0.1) is 5.41 Å². The number of methoxy groups -OCH3 is 2. The van der Waals surface area contributed by atoms with Crippen molar-refractivity contribution in [1.82, 2.24) is 0 Å². The molecule has 0 saturated heterocycles. The van der Waals surface area contributed by atoms with Crippen LogP contribution in [-0.4, -0.2) is 14.2 Å². The average molecular weight is 222 g/mol. The Morgan fingerprint density at radius 2 is 1.69 bits per heavy atom. The normalized spacial score (nSPS) is 13.4. The van der Waals surface area contributed by atoms with Crippen molar-refractivity contribution in [2.24, 2.45) is 5.41 Å². The Balaban J connectivity index is 3.14. The fourth-order valence-electron chi connectivity index (χ4n) is 1.64. The summed E-state index contributed by atoms with van der Waals surface area (Å²) < 4.78 is 10.6. The monoisotopic (exact) mass is 222 g/mol. The molecular formula is C14H22O2. The summed E-state index contributed by atoms with van der Waals surface area (Å²) in [5.41, 5.74) is 1.46. The van der Waals surface area contributed by atoms with E-state index in [9.17, 15) is 0 Å². The van der Waals surface area contributed by atoms with E-state index in [1.54, 1.807) is 14.2 Å². The lowest BCUT2D eigenvalue weighted by Gasteiger charge is -2.29. The molecule has 0 amide bonds. The van der Waals surface area contributed by atoms with Crippen LogP contribution >= 0.6 is 0 Å². The van der Waals surface area contributed by atoms with Gasteiger partial charge in [0.25, 0.3) is 0 Å². The van der Waals surface area contributed by atoms with Crippen molar-refractivity contribution < 1.29 is 9.47 Å². The topological polar surface area (TPSA) is 18.5 Å². The molecule has 0 N–H and O–H groups in total. The Labute approximate surface area is 98.6 Å². The van der Waals surface area contributed by atoms with Crippen LogP contribution in [0.3, 0.4) is 0 Å². The van der Waals surface area contributed by atoms with Gasteiger partial charge in [0.05, 0.1) is 14.2 Å². The molecule has 2 nitrogen and oxygen atoms in total. The van der Waals surface area contributed by atoms with Crippen LogP contribution in [0.5, 0.6) is 11.5 Å². The van der Waals surface area contributed by atoms with E-state index in [2.05, 4.69) is 33.8 Å². The summed E-state index contributed by atoms with van der Waals surface area (Å²) in [6.45, 7) is 8.94. The lowest BCUT2D eigenvalue weighted by atomic mass is 9.77. The molecule has 0 aliphatic heterocycles. The molecule has 0 radical (unpaired) electrons. The van der Waals surface area contributed by atoms with E-state index in [4.69, 9.17) is 9.47 Å². The molecule has 0 saturated carbocycles. The summed E-state index contributed by atoms with van der Waals surface area (Å²) in [5.74, 6) is 2.18. The SMILES string of the molecule is COc1ccc([C@@H](C)C(C)(C)C)c(OC)c1. The van der Waals surface area contributed by atoms with Crippen LogP contribution in [0.4, 0.5) is 0 Å². The summed E-state index contributed by atoms with van der Waals surface area (Å²) in [6.07, 6.45) is 0. The molecule has 0 heterocycles. The first-order valence-electron chi connectivity index (χ1n) is 5.62. The minimum Gasteiger partial charge on any atom is -0.497 e. The number of hydrogen-bond acceptors (Lipinski definition) is 2. The summed E-state index contributed by atoms with van der Waals surface area (Å²) >= 11 is 0. The van der Waals surface area contributed by atoms with Crippen molar-refractivity contribution in [3.05, 3.63) is 23.8 Å². The quantitative estimate of drug-likeness (QED) is 0.773. The van der Waals surface area contributed by atoms with Crippen molar-refractivity contribution in [1.29, 1.82) is 0 Å². The Kier molecular flexibility index (Phi) is 3.84. The van der Waals surface area contributed by atoms with Gasteiger partial charge < -0.3 is 9.47 Å². The fraction of sp³-hybridized carbons (Fsp3) is 0.571. The Morgan fingerprint density at radius 1 is 1.06 bits per heavy atom. The molecule has 1 aromatic rings. The van der Waals surface area contributed by atoms with Crippen LogP contribution in [0.25, 0.3) is 0 Å². The van der Waals surface area contributed by atoms with Crippen molar-refractivity contribution in [3.63, 3.8) is 0 Å². The maximum atomic E-state index is 5.42. The van der Waals surface area contributed by atoms with Gasteiger partial charge in [-0.15, -0.1) is 0 Å². The summed E-state index contributed by atoms with van der Waals surface area (Å²) in [5, 5.41) is 0. The van der Waals surface area contributed by atoms with E-state index in [0.29, 0.717) is 5.92 Å². The molecular weight excluding hydrogens is 200 g/mol. The highest BCUT2D eigenvalue weighted by atomic mass is 16.5. The Morgan fingerprint density at radius 3 is 2.12 bits per heavy atom. The van der Waals surface area contributed by atoms with Gasteiger partial charge in [-0.1, -0.05) is 33.8 Å². The van der Waals surface area contributed by atoms with Gasteiger partial charge in [-0.25, -0.2) is 0 Å². The first kappa shape index (κ1) is 12.9. The van der Waals surface area contributed by atoms with Gasteiger partial charge in [-0.3, -0.25) is 0 Å².